The summed E-state index contributed by atoms with van der Waals surface area (Å²) in [5.41, 5.74) is 4.32. The highest BCUT2D eigenvalue weighted by Gasteiger charge is 2.26. The molecule has 3 amide bonds. The third-order valence-corrected chi connectivity index (χ3v) is 7.24. The fourth-order valence-corrected chi connectivity index (χ4v) is 5.22. The van der Waals surface area contributed by atoms with E-state index in [1.165, 1.54) is 0 Å². The third kappa shape index (κ3) is 8.02. The highest BCUT2D eigenvalue weighted by atomic mass is 16.2. The molecule has 0 spiro atoms. The fourth-order valence-electron chi connectivity index (χ4n) is 5.22. The number of para-hydroxylation sites is 1. The van der Waals surface area contributed by atoms with Crippen LogP contribution in [0.15, 0.2) is 54.6 Å². The zero-order chi connectivity index (χ0) is 27.6. The topological polar surface area (TPSA) is 120 Å². The maximum atomic E-state index is 13.2. The Morgan fingerprint density at radius 2 is 1.77 bits per heavy atom. The highest BCUT2D eigenvalue weighted by Crippen LogP contribution is 2.30. The van der Waals surface area contributed by atoms with Gasteiger partial charge in [-0.05, 0) is 49.8 Å². The van der Waals surface area contributed by atoms with Gasteiger partial charge in [0.1, 0.15) is 11.8 Å². The second kappa shape index (κ2) is 13.7. The molecule has 0 aliphatic carbocycles. The van der Waals surface area contributed by atoms with Crippen molar-refractivity contribution in [2.45, 2.75) is 76.8 Å². The van der Waals surface area contributed by atoms with Crippen molar-refractivity contribution < 1.29 is 19.2 Å². The van der Waals surface area contributed by atoms with Gasteiger partial charge in [0.2, 0.25) is 17.7 Å². The summed E-state index contributed by atoms with van der Waals surface area (Å²) in [6, 6.07) is 17.4. The monoisotopic (exact) mass is 530 g/mol. The molecular formula is C31H38N4O4. The fraction of sp³-hybridized carbons (Fsp3) is 0.419. The van der Waals surface area contributed by atoms with E-state index in [1.54, 1.807) is 6.92 Å². The van der Waals surface area contributed by atoms with Crippen molar-refractivity contribution in [1.82, 2.24) is 20.9 Å². The molecule has 0 bridgehead atoms. The first-order valence-electron chi connectivity index (χ1n) is 13.9. The average Bonchev–Trinajstić information content (AvgIpc) is 3.51. The largest absolute Gasteiger partial charge is 0.354 e. The van der Waals surface area contributed by atoms with E-state index in [9.17, 15) is 19.2 Å². The van der Waals surface area contributed by atoms with Gasteiger partial charge >= 0.3 is 0 Å². The number of Topliss-reactive ketones (excluding diaryl/α,β-unsaturated/α-hetero) is 1. The Hall–Kier alpha value is -3.94. The second-order valence-electron chi connectivity index (χ2n) is 10.4. The van der Waals surface area contributed by atoms with Crippen molar-refractivity contribution in [3.8, 4) is 11.3 Å². The first-order valence-corrected chi connectivity index (χ1v) is 13.9. The van der Waals surface area contributed by atoms with E-state index in [1.807, 2.05) is 36.4 Å². The molecule has 2 heterocycles. The minimum absolute atomic E-state index is 0.0419. The smallest absolute Gasteiger partial charge is 0.242 e. The number of aromatic amines is 1. The molecule has 206 valence electrons. The van der Waals surface area contributed by atoms with Gasteiger partial charge in [0, 0.05) is 48.4 Å². The number of carbonyl (C=O) groups excluding carboxylic acids is 4. The van der Waals surface area contributed by atoms with E-state index >= 15 is 0 Å². The Kier molecular flexibility index (Phi) is 9.89. The number of carbonyl (C=O) groups is 4. The number of fused-ring (bicyclic) bond motifs is 1. The van der Waals surface area contributed by atoms with Crippen molar-refractivity contribution in [3.05, 3.63) is 60.2 Å². The van der Waals surface area contributed by atoms with Gasteiger partial charge in [-0.2, -0.15) is 0 Å². The summed E-state index contributed by atoms with van der Waals surface area (Å²) in [6.07, 6.45) is 5.19. The molecule has 8 nitrogen and oxygen atoms in total. The number of hydrogen-bond donors (Lipinski definition) is 4. The van der Waals surface area contributed by atoms with E-state index in [2.05, 4.69) is 39.1 Å². The zero-order valence-corrected chi connectivity index (χ0v) is 22.6. The van der Waals surface area contributed by atoms with Crippen LogP contribution in [-0.2, 0) is 25.6 Å². The lowest BCUT2D eigenvalue weighted by atomic mass is 10.0. The molecule has 8 heteroatoms. The highest BCUT2D eigenvalue weighted by molar-refractivity contribution is 5.91. The first-order chi connectivity index (χ1) is 18.9. The lowest BCUT2D eigenvalue weighted by Crippen LogP contribution is -2.48. The van der Waals surface area contributed by atoms with Gasteiger partial charge in [0.05, 0.1) is 0 Å². The van der Waals surface area contributed by atoms with E-state index in [4.69, 9.17) is 0 Å². The number of ketones is 1. The zero-order valence-electron chi connectivity index (χ0n) is 22.6. The van der Waals surface area contributed by atoms with Gasteiger partial charge in [-0.3, -0.25) is 14.4 Å². The van der Waals surface area contributed by atoms with Crippen LogP contribution in [0.3, 0.4) is 0 Å². The first kappa shape index (κ1) is 28.1. The predicted octanol–water partition coefficient (Wildman–Crippen LogP) is 4.19. The van der Waals surface area contributed by atoms with Gasteiger partial charge < -0.3 is 25.7 Å². The number of amides is 3. The average molecular weight is 531 g/mol. The Morgan fingerprint density at radius 1 is 1.00 bits per heavy atom. The maximum Gasteiger partial charge on any atom is 0.242 e. The predicted molar refractivity (Wildman–Crippen MR) is 152 cm³/mol. The minimum Gasteiger partial charge on any atom is -0.354 e. The number of aromatic nitrogens is 1. The van der Waals surface area contributed by atoms with E-state index in [-0.39, 0.29) is 36.0 Å². The number of rotatable bonds is 14. The summed E-state index contributed by atoms with van der Waals surface area (Å²) < 4.78 is 0. The van der Waals surface area contributed by atoms with E-state index in [0.717, 1.165) is 47.0 Å². The standard InChI is InChI=1S/C31H38N4O4/c1-21(36)10-4-2-7-15-27(34-29(38)20-23-16-17-28(37)33-23)31(39)32-19-18-25-24-13-8-9-14-26(24)35-30(25)22-11-5-3-6-12-22/h3,5-6,8-9,11-14,23,27,35H,2,4,7,10,15-20H2,1H3,(H,32,39)(H,33,37)(H,34,38). The van der Waals surface area contributed by atoms with Crippen molar-refractivity contribution in [1.29, 1.82) is 0 Å². The van der Waals surface area contributed by atoms with E-state index < -0.39 is 6.04 Å². The number of nitrogens with one attached hydrogen (secondary N) is 4. The number of H-pyrrole nitrogens is 1. The van der Waals surface area contributed by atoms with Crippen LogP contribution in [0.4, 0.5) is 0 Å². The van der Waals surface area contributed by atoms with Crippen molar-refractivity contribution in [2.75, 3.05) is 6.54 Å². The molecule has 1 fully saturated rings. The van der Waals surface area contributed by atoms with Crippen LogP contribution in [0.25, 0.3) is 22.2 Å². The van der Waals surface area contributed by atoms with Gasteiger partial charge in [0.15, 0.2) is 0 Å². The Morgan fingerprint density at radius 3 is 2.51 bits per heavy atom. The van der Waals surface area contributed by atoms with Crippen molar-refractivity contribution >= 4 is 34.4 Å². The molecule has 1 aromatic heterocycles. The lowest BCUT2D eigenvalue weighted by molar-refractivity contribution is -0.129. The van der Waals surface area contributed by atoms with Gasteiger partial charge in [-0.15, -0.1) is 0 Å². The van der Waals surface area contributed by atoms with Crippen LogP contribution in [-0.4, -0.2) is 47.1 Å². The molecule has 2 aromatic carbocycles. The second-order valence-corrected chi connectivity index (χ2v) is 10.4. The number of unbranched alkanes of at least 4 members (excludes halogenated alkanes) is 2. The van der Waals surface area contributed by atoms with Crippen LogP contribution in [0.1, 0.15) is 63.9 Å². The molecule has 0 saturated carbocycles. The normalized spacial score (nSPS) is 15.6. The molecule has 0 radical (unpaired) electrons. The van der Waals surface area contributed by atoms with Crippen LogP contribution >= 0.6 is 0 Å². The maximum absolute atomic E-state index is 13.2. The Balaban J connectivity index is 1.39. The Bertz CT molecular complexity index is 1300. The lowest BCUT2D eigenvalue weighted by Gasteiger charge is -2.20. The number of benzene rings is 2. The third-order valence-electron chi connectivity index (χ3n) is 7.24. The van der Waals surface area contributed by atoms with Gasteiger partial charge in [-0.25, -0.2) is 0 Å². The van der Waals surface area contributed by atoms with Gasteiger partial charge in [0.25, 0.3) is 0 Å². The molecule has 3 aromatic rings. The summed E-state index contributed by atoms with van der Waals surface area (Å²) in [5, 5.41) is 9.86. The molecular weight excluding hydrogens is 492 g/mol. The Labute approximate surface area is 229 Å². The summed E-state index contributed by atoms with van der Waals surface area (Å²) in [5.74, 6) is -0.344. The van der Waals surface area contributed by atoms with Crippen LogP contribution < -0.4 is 16.0 Å². The molecule has 2 unspecified atom stereocenters. The van der Waals surface area contributed by atoms with Crippen LogP contribution in [0.5, 0.6) is 0 Å². The summed E-state index contributed by atoms with van der Waals surface area (Å²) in [4.78, 5) is 52.2. The van der Waals surface area contributed by atoms with Crippen LogP contribution in [0.2, 0.25) is 0 Å². The van der Waals surface area contributed by atoms with Crippen molar-refractivity contribution in [3.63, 3.8) is 0 Å². The van der Waals surface area contributed by atoms with Gasteiger partial charge in [-0.1, -0.05) is 61.4 Å². The molecule has 1 saturated heterocycles. The summed E-state index contributed by atoms with van der Waals surface area (Å²) in [6.45, 7) is 2.01. The van der Waals surface area contributed by atoms with Crippen LogP contribution in [0, 0.1) is 0 Å². The molecule has 4 rings (SSSR count). The molecule has 1 aliphatic heterocycles. The summed E-state index contributed by atoms with van der Waals surface area (Å²) >= 11 is 0. The molecule has 2 atom stereocenters. The minimum atomic E-state index is -0.663. The number of hydrogen-bond acceptors (Lipinski definition) is 4. The van der Waals surface area contributed by atoms with E-state index in [0.29, 0.717) is 38.6 Å². The molecule has 39 heavy (non-hydrogen) atoms. The summed E-state index contributed by atoms with van der Waals surface area (Å²) in [7, 11) is 0. The SMILES string of the molecule is CC(=O)CCCCCC(NC(=O)CC1CCC(=O)N1)C(=O)NCCc1c(-c2ccccc2)[nH]c2ccccc12. The molecule has 4 N–H and O–H groups in total. The molecule has 1 aliphatic rings. The quantitative estimate of drug-likeness (QED) is 0.234. The van der Waals surface area contributed by atoms with Crippen molar-refractivity contribution in [2.24, 2.45) is 0 Å².